The number of carboxylic acids is 1. The molecule has 2 heteroatoms. The van der Waals surface area contributed by atoms with Crippen LogP contribution in [0.4, 0.5) is 0 Å². The largest absolute Gasteiger partial charge is 0.481 e. The monoisotopic (exact) mass is 138 g/mol. The van der Waals surface area contributed by atoms with Crippen LogP contribution in [0.3, 0.4) is 0 Å². The second-order valence-corrected chi connectivity index (χ2v) is 2.33. The molecule has 1 rings (SSSR count). The molecule has 0 amide bonds. The van der Waals surface area contributed by atoms with Crippen molar-refractivity contribution in [2.45, 2.75) is 19.3 Å². The van der Waals surface area contributed by atoms with Gasteiger partial charge in [0, 0.05) is 0 Å². The van der Waals surface area contributed by atoms with Crippen LogP contribution in [-0.2, 0) is 4.79 Å². The summed E-state index contributed by atoms with van der Waals surface area (Å²) in [6.45, 7) is 0. The molecule has 10 heavy (non-hydrogen) atoms. The summed E-state index contributed by atoms with van der Waals surface area (Å²) in [5.74, 6) is -0.752. The number of carboxylic acid groups (broad SMARTS) is 1. The molecule has 0 aromatic heterocycles. The Hall–Kier alpha value is -1.05. The first kappa shape index (κ1) is 7.06. The highest BCUT2D eigenvalue weighted by molar-refractivity contribution is 5.71. The predicted octanol–water partition coefficient (Wildman–Crippen LogP) is 1.74. The zero-order valence-electron chi connectivity index (χ0n) is 5.71. The summed E-state index contributed by atoms with van der Waals surface area (Å²) < 4.78 is 0. The van der Waals surface area contributed by atoms with Crippen LogP contribution < -0.4 is 0 Å². The van der Waals surface area contributed by atoms with Crippen molar-refractivity contribution in [3.63, 3.8) is 0 Å². The van der Waals surface area contributed by atoms with Crippen molar-refractivity contribution in [1.82, 2.24) is 0 Å². The highest BCUT2D eigenvalue weighted by Crippen LogP contribution is 2.12. The molecule has 0 aliphatic heterocycles. The number of allylic oxidation sites excluding steroid dienone is 3. The van der Waals surface area contributed by atoms with E-state index in [1.165, 1.54) is 0 Å². The normalized spacial score (nSPS) is 16.6. The Morgan fingerprint density at radius 2 is 2.40 bits per heavy atom. The summed E-state index contributed by atoms with van der Waals surface area (Å²) in [7, 11) is 0. The molecule has 0 unspecified atom stereocenters. The van der Waals surface area contributed by atoms with Crippen LogP contribution in [0.25, 0.3) is 0 Å². The van der Waals surface area contributed by atoms with Gasteiger partial charge in [-0.3, -0.25) is 4.79 Å². The van der Waals surface area contributed by atoms with Crippen molar-refractivity contribution in [1.29, 1.82) is 0 Å². The molecular formula is C8H10O2. The number of rotatable bonds is 2. The van der Waals surface area contributed by atoms with Gasteiger partial charge >= 0.3 is 5.97 Å². The lowest BCUT2D eigenvalue weighted by molar-refractivity contribution is -0.136. The topological polar surface area (TPSA) is 37.3 Å². The summed E-state index contributed by atoms with van der Waals surface area (Å²) in [4.78, 5) is 10.2. The molecule has 0 saturated carbocycles. The van der Waals surface area contributed by atoms with Crippen molar-refractivity contribution >= 4 is 5.97 Å². The van der Waals surface area contributed by atoms with Gasteiger partial charge in [0.05, 0.1) is 6.42 Å². The summed E-state index contributed by atoms with van der Waals surface area (Å²) >= 11 is 0. The highest BCUT2D eigenvalue weighted by Gasteiger charge is 2.01. The van der Waals surface area contributed by atoms with Gasteiger partial charge in [0.25, 0.3) is 0 Å². The number of carbonyl (C=O) groups is 1. The van der Waals surface area contributed by atoms with Crippen LogP contribution in [0.2, 0.25) is 0 Å². The third-order valence-electron chi connectivity index (χ3n) is 1.43. The second kappa shape index (κ2) is 3.20. The third-order valence-corrected chi connectivity index (χ3v) is 1.43. The van der Waals surface area contributed by atoms with E-state index in [4.69, 9.17) is 5.11 Å². The molecule has 1 aliphatic carbocycles. The van der Waals surface area contributed by atoms with Gasteiger partial charge in [-0.1, -0.05) is 18.2 Å². The first-order chi connectivity index (χ1) is 4.79. The molecule has 0 radical (unpaired) electrons. The zero-order valence-corrected chi connectivity index (χ0v) is 5.71. The van der Waals surface area contributed by atoms with Gasteiger partial charge in [-0.05, 0) is 18.4 Å². The maximum Gasteiger partial charge on any atom is 0.307 e. The molecule has 1 aliphatic rings. The quantitative estimate of drug-likeness (QED) is 0.631. The Morgan fingerprint density at radius 3 is 2.90 bits per heavy atom. The van der Waals surface area contributed by atoms with E-state index in [-0.39, 0.29) is 6.42 Å². The molecule has 1 N–H and O–H groups in total. The Kier molecular flexibility index (Phi) is 2.26. The summed E-state index contributed by atoms with van der Waals surface area (Å²) in [5, 5.41) is 8.39. The van der Waals surface area contributed by atoms with Gasteiger partial charge in [0.15, 0.2) is 0 Å². The van der Waals surface area contributed by atoms with Crippen LogP contribution in [0.15, 0.2) is 23.8 Å². The average Bonchev–Trinajstić information content (AvgIpc) is 1.88. The molecule has 0 saturated heterocycles. The van der Waals surface area contributed by atoms with Crippen LogP contribution in [0, 0.1) is 0 Å². The zero-order chi connectivity index (χ0) is 7.40. The summed E-state index contributed by atoms with van der Waals surface area (Å²) in [6, 6.07) is 0. The van der Waals surface area contributed by atoms with E-state index in [0.717, 1.165) is 18.4 Å². The van der Waals surface area contributed by atoms with Crippen molar-refractivity contribution in [2.24, 2.45) is 0 Å². The minimum absolute atomic E-state index is 0.163. The second-order valence-electron chi connectivity index (χ2n) is 2.33. The minimum Gasteiger partial charge on any atom is -0.481 e. The van der Waals surface area contributed by atoms with Crippen LogP contribution in [0.1, 0.15) is 19.3 Å². The molecule has 0 fully saturated rings. The molecule has 2 nitrogen and oxygen atoms in total. The Bertz CT molecular complexity index is 189. The molecule has 0 heterocycles. The highest BCUT2D eigenvalue weighted by atomic mass is 16.4. The van der Waals surface area contributed by atoms with Gasteiger partial charge in [0.1, 0.15) is 0 Å². The molecule has 0 aromatic carbocycles. The molecule has 0 bridgehead atoms. The van der Waals surface area contributed by atoms with Gasteiger partial charge in [-0.25, -0.2) is 0 Å². The van der Waals surface area contributed by atoms with Crippen molar-refractivity contribution in [3.05, 3.63) is 23.8 Å². The van der Waals surface area contributed by atoms with E-state index in [2.05, 4.69) is 0 Å². The maximum absolute atomic E-state index is 10.2. The average molecular weight is 138 g/mol. The molecule has 0 spiro atoms. The van der Waals surface area contributed by atoms with E-state index in [1.54, 1.807) is 0 Å². The molecule has 54 valence electrons. The lowest BCUT2D eigenvalue weighted by atomic mass is 10.0. The fourth-order valence-corrected chi connectivity index (χ4v) is 0.973. The minimum atomic E-state index is -0.752. The van der Waals surface area contributed by atoms with Crippen LogP contribution in [0.5, 0.6) is 0 Å². The van der Waals surface area contributed by atoms with Crippen LogP contribution >= 0.6 is 0 Å². The van der Waals surface area contributed by atoms with Gasteiger partial charge in [0.2, 0.25) is 0 Å². The third kappa shape index (κ3) is 2.05. The number of hydrogen-bond acceptors (Lipinski definition) is 1. The lowest BCUT2D eigenvalue weighted by Crippen LogP contribution is -1.96. The van der Waals surface area contributed by atoms with Crippen LogP contribution in [-0.4, -0.2) is 11.1 Å². The lowest BCUT2D eigenvalue weighted by Gasteiger charge is -2.02. The first-order valence-corrected chi connectivity index (χ1v) is 3.36. The van der Waals surface area contributed by atoms with Gasteiger partial charge in [-0.2, -0.15) is 0 Å². The Labute approximate surface area is 59.9 Å². The predicted molar refractivity (Wildman–Crippen MR) is 38.7 cm³/mol. The van der Waals surface area contributed by atoms with Gasteiger partial charge < -0.3 is 5.11 Å². The number of aliphatic carboxylic acids is 1. The Balaban J connectivity index is 2.48. The molecule has 0 aromatic rings. The first-order valence-electron chi connectivity index (χ1n) is 3.36. The van der Waals surface area contributed by atoms with Crippen molar-refractivity contribution in [3.8, 4) is 0 Å². The maximum atomic E-state index is 10.2. The van der Waals surface area contributed by atoms with Crippen molar-refractivity contribution < 1.29 is 9.90 Å². The standard InChI is InChI=1S/C8H10O2/c9-8(10)6-7-4-2-1-3-5-7/h2,4-5H,1,3,6H2,(H,9,10). The summed E-state index contributed by atoms with van der Waals surface area (Å²) in [5.41, 5.74) is 0.929. The molecule has 0 atom stereocenters. The van der Waals surface area contributed by atoms with Crippen molar-refractivity contribution in [2.75, 3.05) is 0 Å². The van der Waals surface area contributed by atoms with Gasteiger partial charge in [-0.15, -0.1) is 0 Å². The van der Waals surface area contributed by atoms with E-state index in [0.29, 0.717) is 0 Å². The summed E-state index contributed by atoms with van der Waals surface area (Å²) in [6.07, 6.45) is 8.07. The van der Waals surface area contributed by atoms with E-state index < -0.39 is 5.97 Å². The number of hydrogen-bond donors (Lipinski definition) is 1. The van der Waals surface area contributed by atoms with E-state index in [1.807, 2.05) is 18.2 Å². The van der Waals surface area contributed by atoms with E-state index in [9.17, 15) is 4.79 Å². The smallest absolute Gasteiger partial charge is 0.307 e. The molecular weight excluding hydrogens is 128 g/mol. The SMILES string of the molecule is O=C(O)CC1=CCCC=C1. The fourth-order valence-electron chi connectivity index (χ4n) is 0.973. The van der Waals surface area contributed by atoms with E-state index >= 15 is 0 Å². The Morgan fingerprint density at radius 1 is 1.60 bits per heavy atom. The fraction of sp³-hybridized carbons (Fsp3) is 0.375.